The number of carbonyl (C=O) groups is 2. The molecule has 0 radical (unpaired) electrons. The fraction of sp³-hybridized carbons (Fsp3) is 0.263. The molecule has 2 heterocycles. The van der Waals surface area contributed by atoms with Crippen molar-refractivity contribution in [3.05, 3.63) is 57.0 Å². The van der Waals surface area contributed by atoms with Crippen molar-refractivity contribution in [2.24, 2.45) is 0 Å². The Morgan fingerprint density at radius 3 is 2.81 bits per heavy atom. The molecule has 1 aromatic carbocycles. The monoisotopic (exact) mass is 460 g/mol. The molecule has 0 unspecified atom stereocenters. The van der Waals surface area contributed by atoms with Crippen LogP contribution in [0.5, 0.6) is 5.75 Å². The first-order valence-electron chi connectivity index (χ1n) is 9.14. The van der Waals surface area contributed by atoms with Crippen molar-refractivity contribution in [3.8, 4) is 5.75 Å². The number of anilines is 1. The zero-order valence-electron chi connectivity index (χ0n) is 16.8. The van der Waals surface area contributed by atoms with Crippen LogP contribution < -0.4 is 20.9 Å². The molecule has 0 spiro atoms. The number of methoxy groups -OCH3 is 1. The Kier molecular flexibility index (Phi) is 7.73. The standard InChI is InChI=1S/C19H20N6O4S2/c1-11-24-25-19(31-11)23-17(28)10-30-18-21-13(8-16(27)22-18)7-15(26)20-9-12-4-3-5-14(6-12)29-2/h3-6,8H,7,9-10H2,1-2H3,(H,20,26)(H,21,22,27)(H,23,25,28). The van der Waals surface area contributed by atoms with Crippen molar-refractivity contribution in [1.29, 1.82) is 0 Å². The number of H-pyrrole nitrogens is 1. The third kappa shape index (κ3) is 7.19. The molecule has 3 aromatic rings. The third-order valence-electron chi connectivity index (χ3n) is 3.85. The van der Waals surface area contributed by atoms with Crippen LogP contribution in [-0.2, 0) is 22.6 Å². The summed E-state index contributed by atoms with van der Waals surface area (Å²) in [5.41, 5.74) is 0.808. The minimum absolute atomic E-state index is 0.0209. The first-order chi connectivity index (χ1) is 14.9. The van der Waals surface area contributed by atoms with E-state index in [1.54, 1.807) is 14.0 Å². The Balaban J connectivity index is 1.52. The number of rotatable bonds is 9. The molecule has 162 valence electrons. The molecule has 12 heteroatoms. The molecule has 0 saturated heterocycles. The van der Waals surface area contributed by atoms with Crippen LogP contribution in [0.4, 0.5) is 5.13 Å². The molecule has 0 saturated carbocycles. The van der Waals surface area contributed by atoms with Crippen molar-refractivity contribution >= 4 is 40.0 Å². The number of amides is 2. The van der Waals surface area contributed by atoms with Gasteiger partial charge in [-0.25, -0.2) is 4.98 Å². The fourth-order valence-corrected chi connectivity index (χ4v) is 3.79. The van der Waals surface area contributed by atoms with Crippen molar-refractivity contribution in [2.45, 2.75) is 25.0 Å². The SMILES string of the molecule is COc1cccc(CNC(=O)Cc2cc(=O)[nH]c(SCC(=O)Nc3nnc(C)s3)n2)c1. The third-order valence-corrected chi connectivity index (χ3v) is 5.48. The van der Waals surface area contributed by atoms with Gasteiger partial charge in [-0.1, -0.05) is 35.2 Å². The average Bonchev–Trinajstić information content (AvgIpc) is 3.15. The second-order valence-corrected chi connectivity index (χ2v) is 8.46. The average molecular weight is 461 g/mol. The number of aryl methyl sites for hydroxylation is 1. The van der Waals surface area contributed by atoms with E-state index in [0.29, 0.717) is 23.1 Å². The van der Waals surface area contributed by atoms with Gasteiger partial charge in [-0.15, -0.1) is 10.2 Å². The quantitative estimate of drug-likeness (QED) is 0.323. The van der Waals surface area contributed by atoms with Crippen LogP contribution in [0.1, 0.15) is 16.3 Å². The minimum Gasteiger partial charge on any atom is -0.497 e. The van der Waals surface area contributed by atoms with Gasteiger partial charge in [0, 0.05) is 12.6 Å². The van der Waals surface area contributed by atoms with E-state index in [1.807, 2.05) is 24.3 Å². The summed E-state index contributed by atoms with van der Waals surface area (Å²) in [6.45, 7) is 2.11. The summed E-state index contributed by atoms with van der Waals surface area (Å²) in [4.78, 5) is 43.0. The van der Waals surface area contributed by atoms with Gasteiger partial charge in [0.2, 0.25) is 16.9 Å². The molecule has 0 bridgehead atoms. The lowest BCUT2D eigenvalue weighted by molar-refractivity contribution is -0.120. The second kappa shape index (κ2) is 10.7. The summed E-state index contributed by atoms with van der Waals surface area (Å²) in [7, 11) is 1.58. The Bertz CT molecular complexity index is 1130. The van der Waals surface area contributed by atoms with E-state index in [-0.39, 0.29) is 29.1 Å². The van der Waals surface area contributed by atoms with E-state index in [1.165, 1.54) is 17.4 Å². The Hall–Kier alpha value is -3.25. The van der Waals surface area contributed by atoms with E-state index in [4.69, 9.17) is 4.74 Å². The molecule has 31 heavy (non-hydrogen) atoms. The minimum atomic E-state index is -0.395. The summed E-state index contributed by atoms with van der Waals surface area (Å²) in [6, 6.07) is 8.62. The highest BCUT2D eigenvalue weighted by Crippen LogP contribution is 2.16. The van der Waals surface area contributed by atoms with Crippen LogP contribution in [0.25, 0.3) is 0 Å². The number of ether oxygens (including phenoxy) is 1. The summed E-state index contributed by atoms with van der Waals surface area (Å²) in [5.74, 6) is 0.147. The van der Waals surface area contributed by atoms with Gasteiger partial charge in [0.25, 0.3) is 5.56 Å². The summed E-state index contributed by atoms with van der Waals surface area (Å²) in [6.07, 6.45) is -0.0578. The van der Waals surface area contributed by atoms with E-state index in [2.05, 4.69) is 30.8 Å². The predicted octanol–water partition coefficient (Wildman–Crippen LogP) is 1.53. The van der Waals surface area contributed by atoms with Crippen LogP contribution in [0.3, 0.4) is 0 Å². The molecule has 2 amide bonds. The smallest absolute Gasteiger partial charge is 0.251 e. The number of hydrogen-bond acceptors (Lipinski definition) is 9. The highest BCUT2D eigenvalue weighted by molar-refractivity contribution is 7.99. The maximum Gasteiger partial charge on any atom is 0.251 e. The Labute approximate surface area is 185 Å². The molecule has 0 aliphatic rings. The molecule has 0 fully saturated rings. The van der Waals surface area contributed by atoms with Crippen LogP contribution in [0.15, 0.2) is 40.3 Å². The van der Waals surface area contributed by atoms with Gasteiger partial charge in [0.05, 0.1) is 25.0 Å². The molecule has 0 aliphatic carbocycles. The zero-order valence-corrected chi connectivity index (χ0v) is 18.4. The number of thioether (sulfide) groups is 1. The number of nitrogens with zero attached hydrogens (tertiary/aromatic N) is 3. The van der Waals surface area contributed by atoms with E-state index >= 15 is 0 Å². The van der Waals surface area contributed by atoms with E-state index in [0.717, 1.165) is 22.3 Å². The van der Waals surface area contributed by atoms with E-state index in [9.17, 15) is 14.4 Å². The number of hydrogen-bond donors (Lipinski definition) is 3. The number of aromatic amines is 1. The molecule has 3 rings (SSSR count). The molecule has 0 atom stereocenters. The van der Waals surface area contributed by atoms with Gasteiger partial charge in [-0.05, 0) is 24.6 Å². The highest BCUT2D eigenvalue weighted by atomic mass is 32.2. The van der Waals surface area contributed by atoms with Crippen LogP contribution >= 0.6 is 23.1 Å². The second-order valence-electron chi connectivity index (χ2n) is 6.31. The molecular weight excluding hydrogens is 440 g/mol. The fourth-order valence-electron chi connectivity index (χ4n) is 2.49. The highest BCUT2D eigenvalue weighted by Gasteiger charge is 2.11. The van der Waals surface area contributed by atoms with Crippen molar-refractivity contribution in [3.63, 3.8) is 0 Å². The van der Waals surface area contributed by atoms with Gasteiger partial charge in [0.1, 0.15) is 10.8 Å². The number of nitrogens with one attached hydrogen (secondary N) is 3. The maximum atomic E-state index is 12.3. The Morgan fingerprint density at radius 1 is 1.23 bits per heavy atom. The van der Waals surface area contributed by atoms with Crippen LogP contribution in [0, 0.1) is 6.92 Å². The van der Waals surface area contributed by atoms with Crippen molar-refractivity contribution in [1.82, 2.24) is 25.5 Å². The van der Waals surface area contributed by atoms with Gasteiger partial charge >= 0.3 is 0 Å². The van der Waals surface area contributed by atoms with Gasteiger partial charge in [-0.3, -0.25) is 19.7 Å². The number of benzene rings is 1. The summed E-state index contributed by atoms with van der Waals surface area (Å²) in [5, 5.41) is 14.5. The molecular formula is C19H20N6O4S2. The molecule has 3 N–H and O–H groups in total. The zero-order chi connectivity index (χ0) is 22.2. The summed E-state index contributed by atoms with van der Waals surface area (Å²) >= 11 is 2.32. The van der Waals surface area contributed by atoms with E-state index < -0.39 is 5.56 Å². The molecule has 10 nitrogen and oxygen atoms in total. The largest absolute Gasteiger partial charge is 0.497 e. The van der Waals surface area contributed by atoms with Gasteiger partial charge in [0.15, 0.2) is 5.16 Å². The normalized spacial score (nSPS) is 10.5. The van der Waals surface area contributed by atoms with Gasteiger partial charge in [-0.2, -0.15) is 0 Å². The predicted molar refractivity (Wildman–Crippen MR) is 117 cm³/mol. The number of carbonyl (C=O) groups excluding carboxylic acids is 2. The molecule has 0 aliphatic heterocycles. The molecule has 2 aromatic heterocycles. The lowest BCUT2D eigenvalue weighted by Crippen LogP contribution is -2.26. The Morgan fingerprint density at radius 2 is 2.06 bits per heavy atom. The van der Waals surface area contributed by atoms with Crippen LogP contribution in [-0.4, -0.2) is 44.8 Å². The van der Waals surface area contributed by atoms with Crippen molar-refractivity contribution < 1.29 is 14.3 Å². The maximum absolute atomic E-state index is 12.3. The first-order valence-corrected chi connectivity index (χ1v) is 10.9. The summed E-state index contributed by atoms with van der Waals surface area (Å²) < 4.78 is 5.16. The van der Waals surface area contributed by atoms with Crippen molar-refractivity contribution in [2.75, 3.05) is 18.2 Å². The topological polar surface area (TPSA) is 139 Å². The lowest BCUT2D eigenvalue weighted by Gasteiger charge is -2.07. The lowest BCUT2D eigenvalue weighted by atomic mass is 10.2. The van der Waals surface area contributed by atoms with Crippen LogP contribution in [0.2, 0.25) is 0 Å². The van der Waals surface area contributed by atoms with Gasteiger partial charge < -0.3 is 15.0 Å². The first kappa shape index (κ1) is 22.4. The number of aromatic nitrogens is 4.